The van der Waals surface area contributed by atoms with E-state index in [1.54, 1.807) is 0 Å². The summed E-state index contributed by atoms with van der Waals surface area (Å²) in [6.45, 7) is 2.10. The maximum atomic E-state index is 12.4. The Morgan fingerprint density at radius 1 is 0.966 bits per heavy atom. The number of hydrogen-bond donors (Lipinski definition) is 1. The van der Waals surface area contributed by atoms with Gasteiger partial charge in [-0.15, -0.1) is 10.2 Å². The van der Waals surface area contributed by atoms with Gasteiger partial charge in [-0.2, -0.15) is 0 Å². The van der Waals surface area contributed by atoms with Gasteiger partial charge in [-0.3, -0.25) is 4.79 Å². The average Bonchev–Trinajstić information content (AvgIpc) is 2.76. The summed E-state index contributed by atoms with van der Waals surface area (Å²) >= 11 is 3.41. The largest absolute Gasteiger partial charge is 0.355 e. The van der Waals surface area contributed by atoms with E-state index in [1.807, 2.05) is 60.7 Å². The molecule has 1 saturated heterocycles. The van der Waals surface area contributed by atoms with Gasteiger partial charge in [0.25, 0.3) is 0 Å². The molecule has 6 heteroatoms. The minimum atomic E-state index is -0.0454. The molecule has 1 aromatic heterocycles. The highest BCUT2D eigenvalue weighted by Crippen LogP contribution is 2.23. The Kier molecular flexibility index (Phi) is 6.20. The molecule has 4 rings (SSSR count). The van der Waals surface area contributed by atoms with Crippen LogP contribution in [0.5, 0.6) is 0 Å². The van der Waals surface area contributed by atoms with Crippen LogP contribution < -0.4 is 10.2 Å². The molecule has 5 nitrogen and oxygen atoms in total. The Morgan fingerprint density at radius 3 is 2.48 bits per heavy atom. The second-order valence-electron chi connectivity index (χ2n) is 7.26. The zero-order valence-corrected chi connectivity index (χ0v) is 17.7. The average molecular weight is 451 g/mol. The van der Waals surface area contributed by atoms with Crippen molar-refractivity contribution in [1.29, 1.82) is 0 Å². The third kappa shape index (κ3) is 5.21. The number of amides is 1. The van der Waals surface area contributed by atoms with Crippen LogP contribution in [0.1, 0.15) is 24.8 Å². The molecule has 0 aliphatic carbocycles. The molecule has 0 unspecified atom stereocenters. The van der Waals surface area contributed by atoms with Crippen LogP contribution in [-0.2, 0) is 11.2 Å². The Balaban J connectivity index is 1.42. The van der Waals surface area contributed by atoms with Crippen molar-refractivity contribution in [3.8, 4) is 11.3 Å². The van der Waals surface area contributed by atoms with Gasteiger partial charge in [0.15, 0.2) is 5.82 Å². The molecule has 0 radical (unpaired) electrons. The Morgan fingerprint density at radius 2 is 1.76 bits per heavy atom. The fourth-order valence-electron chi connectivity index (χ4n) is 3.52. The predicted molar refractivity (Wildman–Crippen MR) is 120 cm³/mol. The highest BCUT2D eigenvalue weighted by molar-refractivity contribution is 9.10. The van der Waals surface area contributed by atoms with E-state index in [0.717, 1.165) is 45.9 Å². The Hall–Kier alpha value is -2.73. The second kappa shape index (κ2) is 9.18. The maximum absolute atomic E-state index is 12.4. The second-order valence-corrected chi connectivity index (χ2v) is 8.17. The van der Waals surface area contributed by atoms with Crippen molar-refractivity contribution < 1.29 is 4.79 Å². The van der Waals surface area contributed by atoms with Gasteiger partial charge < -0.3 is 10.2 Å². The fraction of sp³-hybridized carbons (Fsp3) is 0.261. The molecule has 1 fully saturated rings. The van der Waals surface area contributed by atoms with E-state index < -0.39 is 0 Å². The molecule has 3 aromatic rings. The van der Waals surface area contributed by atoms with Crippen molar-refractivity contribution >= 4 is 33.3 Å². The van der Waals surface area contributed by atoms with Crippen molar-refractivity contribution in [1.82, 2.24) is 10.2 Å². The number of aromatic nitrogens is 2. The number of benzene rings is 2. The lowest BCUT2D eigenvalue weighted by Gasteiger charge is -2.27. The molecule has 1 aliphatic heterocycles. The van der Waals surface area contributed by atoms with Gasteiger partial charge in [-0.1, -0.05) is 40.2 Å². The van der Waals surface area contributed by atoms with E-state index in [1.165, 1.54) is 19.3 Å². The summed E-state index contributed by atoms with van der Waals surface area (Å²) in [5.41, 5.74) is 3.46. The van der Waals surface area contributed by atoms with Crippen molar-refractivity contribution in [3.63, 3.8) is 0 Å². The number of nitrogens with one attached hydrogen (secondary N) is 1. The molecule has 0 bridgehead atoms. The van der Waals surface area contributed by atoms with E-state index in [4.69, 9.17) is 0 Å². The minimum Gasteiger partial charge on any atom is -0.355 e. The lowest BCUT2D eigenvalue weighted by molar-refractivity contribution is -0.115. The molecule has 2 heterocycles. The molecular weight excluding hydrogens is 428 g/mol. The van der Waals surface area contributed by atoms with Crippen LogP contribution >= 0.6 is 15.9 Å². The molecule has 1 aliphatic rings. The number of carbonyl (C=O) groups excluding carboxylic acids is 1. The molecular formula is C23H23BrN4O. The highest BCUT2D eigenvalue weighted by atomic mass is 79.9. The van der Waals surface area contributed by atoms with Gasteiger partial charge >= 0.3 is 0 Å². The molecule has 29 heavy (non-hydrogen) atoms. The van der Waals surface area contributed by atoms with Crippen LogP contribution in [0.4, 0.5) is 11.5 Å². The molecule has 1 amide bonds. The number of hydrogen-bond acceptors (Lipinski definition) is 4. The molecule has 1 N–H and O–H groups in total. The molecule has 0 atom stereocenters. The lowest BCUT2D eigenvalue weighted by Crippen LogP contribution is -2.30. The third-order valence-electron chi connectivity index (χ3n) is 5.05. The first kappa shape index (κ1) is 19.6. The zero-order chi connectivity index (χ0) is 20.1. The monoisotopic (exact) mass is 450 g/mol. The van der Waals surface area contributed by atoms with Gasteiger partial charge in [-0.25, -0.2) is 0 Å². The summed E-state index contributed by atoms with van der Waals surface area (Å²) in [5.74, 6) is 0.892. The smallest absolute Gasteiger partial charge is 0.228 e. The summed E-state index contributed by atoms with van der Waals surface area (Å²) in [6.07, 6.45) is 4.06. The summed E-state index contributed by atoms with van der Waals surface area (Å²) in [5, 5.41) is 11.8. The summed E-state index contributed by atoms with van der Waals surface area (Å²) in [7, 11) is 0. The fourth-order valence-corrected chi connectivity index (χ4v) is 3.78. The molecule has 148 valence electrons. The molecule has 0 saturated carbocycles. The minimum absolute atomic E-state index is 0.0454. The first-order valence-corrected chi connectivity index (χ1v) is 10.7. The normalized spacial score (nSPS) is 13.9. The summed E-state index contributed by atoms with van der Waals surface area (Å²) in [4.78, 5) is 14.7. The van der Waals surface area contributed by atoms with Crippen LogP contribution in [0.15, 0.2) is 65.1 Å². The first-order chi connectivity index (χ1) is 14.2. The van der Waals surface area contributed by atoms with Crippen molar-refractivity contribution in [2.24, 2.45) is 0 Å². The van der Waals surface area contributed by atoms with Crippen molar-refractivity contribution in [2.45, 2.75) is 25.7 Å². The van der Waals surface area contributed by atoms with E-state index in [9.17, 15) is 4.79 Å². The van der Waals surface area contributed by atoms with Crippen LogP contribution in [0, 0.1) is 0 Å². The van der Waals surface area contributed by atoms with E-state index in [-0.39, 0.29) is 5.91 Å². The third-order valence-corrected chi connectivity index (χ3v) is 5.58. The Bertz CT molecular complexity index is 967. The van der Waals surface area contributed by atoms with E-state index in [0.29, 0.717) is 6.42 Å². The number of carbonyl (C=O) groups is 1. The topological polar surface area (TPSA) is 58.1 Å². The van der Waals surface area contributed by atoms with Gasteiger partial charge in [0.2, 0.25) is 5.91 Å². The zero-order valence-electron chi connectivity index (χ0n) is 16.1. The van der Waals surface area contributed by atoms with Crippen LogP contribution in [-0.4, -0.2) is 29.2 Å². The number of rotatable bonds is 5. The van der Waals surface area contributed by atoms with E-state index in [2.05, 4.69) is 36.3 Å². The molecule has 0 spiro atoms. The predicted octanol–water partition coefficient (Wildman–Crippen LogP) is 5.08. The SMILES string of the molecule is O=C(Cc1ccc(Br)cc1)Nc1cccc(-c2ccc(N3CCCCC3)nn2)c1. The van der Waals surface area contributed by atoms with Crippen LogP contribution in [0.2, 0.25) is 0 Å². The molecule has 2 aromatic carbocycles. The highest BCUT2D eigenvalue weighted by Gasteiger charge is 2.13. The standard InChI is InChI=1S/C23H23BrN4O/c24-19-9-7-17(8-10-19)15-23(29)25-20-6-4-5-18(16-20)21-11-12-22(27-26-21)28-13-2-1-3-14-28/h4-12,16H,1-3,13-15H2,(H,25,29). The lowest BCUT2D eigenvalue weighted by atomic mass is 10.1. The van der Waals surface area contributed by atoms with Crippen molar-refractivity contribution in [3.05, 3.63) is 70.7 Å². The number of anilines is 2. The number of piperidine rings is 1. The first-order valence-electron chi connectivity index (χ1n) is 9.91. The van der Waals surface area contributed by atoms with E-state index >= 15 is 0 Å². The van der Waals surface area contributed by atoms with Crippen LogP contribution in [0.25, 0.3) is 11.3 Å². The quantitative estimate of drug-likeness (QED) is 0.588. The van der Waals surface area contributed by atoms with Crippen molar-refractivity contribution in [2.75, 3.05) is 23.3 Å². The number of halogens is 1. The maximum Gasteiger partial charge on any atom is 0.228 e. The number of nitrogens with zero attached hydrogens (tertiary/aromatic N) is 3. The van der Waals surface area contributed by atoms with Gasteiger partial charge in [0.05, 0.1) is 12.1 Å². The van der Waals surface area contributed by atoms with Gasteiger partial charge in [0, 0.05) is 28.8 Å². The van der Waals surface area contributed by atoms with Gasteiger partial charge in [-0.05, 0) is 61.2 Å². The van der Waals surface area contributed by atoms with Gasteiger partial charge in [0.1, 0.15) is 0 Å². The Labute approximate surface area is 179 Å². The summed E-state index contributed by atoms with van der Waals surface area (Å²) < 4.78 is 1.00. The van der Waals surface area contributed by atoms with Crippen LogP contribution in [0.3, 0.4) is 0 Å². The summed E-state index contributed by atoms with van der Waals surface area (Å²) in [6, 6.07) is 19.5.